The summed E-state index contributed by atoms with van der Waals surface area (Å²) in [6.07, 6.45) is 2.02. The fourth-order valence-electron chi connectivity index (χ4n) is 1.94. The van der Waals surface area contributed by atoms with E-state index in [0.717, 1.165) is 30.4 Å². The van der Waals surface area contributed by atoms with Crippen LogP contribution in [0.25, 0.3) is 0 Å². The first-order valence-corrected chi connectivity index (χ1v) is 6.50. The number of hydrogen-bond acceptors (Lipinski definition) is 2. The molecule has 18 heavy (non-hydrogen) atoms. The van der Waals surface area contributed by atoms with Crippen LogP contribution in [0.3, 0.4) is 0 Å². The zero-order valence-corrected chi connectivity index (χ0v) is 11.6. The number of nitrogens with zero attached hydrogens (tertiary/aromatic N) is 3. The number of rotatable bonds is 5. The molecule has 0 fully saturated rings. The Kier molecular flexibility index (Phi) is 4.39. The fourth-order valence-corrected chi connectivity index (χ4v) is 2.16. The van der Waals surface area contributed by atoms with Gasteiger partial charge in [-0.3, -0.25) is 9.58 Å². The van der Waals surface area contributed by atoms with Crippen molar-refractivity contribution in [2.75, 3.05) is 7.05 Å². The predicted molar refractivity (Wildman–Crippen MR) is 74.5 cm³/mol. The summed E-state index contributed by atoms with van der Waals surface area (Å²) < 4.78 is 1.95. The highest BCUT2D eigenvalue weighted by atomic mass is 35.5. The molecule has 0 saturated carbocycles. The molecule has 0 radical (unpaired) electrons. The molecule has 0 aliphatic heterocycles. The molecule has 2 rings (SSSR count). The lowest BCUT2D eigenvalue weighted by molar-refractivity contribution is 0.313. The molecule has 2 aromatic rings. The molecule has 0 aliphatic carbocycles. The molecule has 0 N–H and O–H groups in total. The first kappa shape index (κ1) is 13.1. The zero-order valence-electron chi connectivity index (χ0n) is 10.8. The molecule has 0 spiro atoms. The molecule has 4 heteroatoms. The fraction of sp³-hybridized carbons (Fsp3) is 0.357. The van der Waals surface area contributed by atoms with Crippen molar-refractivity contribution >= 4 is 11.6 Å². The van der Waals surface area contributed by atoms with Gasteiger partial charge in [-0.1, -0.05) is 23.7 Å². The third-order valence-electron chi connectivity index (χ3n) is 2.79. The van der Waals surface area contributed by atoms with Gasteiger partial charge in [-0.2, -0.15) is 5.10 Å². The largest absolute Gasteiger partial charge is 0.296 e. The second-order valence-electron chi connectivity index (χ2n) is 4.46. The van der Waals surface area contributed by atoms with Crippen LogP contribution in [-0.2, 0) is 19.6 Å². The van der Waals surface area contributed by atoms with E-state index in [2.05, 4.69) is 36.1 Å². The number of halogens is 1. The van der Waals surface area contributed by atoms with Crippen LogP contribution >= 0.6 is 11.6 Å². The standard InChI is InChI=1S/C14H18ClN3/c1-3-18-8-7-14(16-18)11-17(2)10-12-5-4-6-13(15)9-12/h4-9H,3,10-11H2,1-2H3. The Balaban J connectivity index is 1.94. The van der Waals surface area contributed by atoms with Crippen molar-refractivity contribution in [3.8, 4) is 0 Å². The van der Waals surface area contributed by atoms with Gasteiger partial charge in [-0.05, 0) is 37.7 Å². The Hall–Kier alpha value is -1.32. The zero-order chi connectivity index (χ0) is 13.0. The number of aryl methyl sites for hydroxylation is 1. The molecule has 3 nitrogen and oxygen atoms in total. The highest BCUT2D eigenvalue weighted by Crippen LogP contribution is 2.13. The SMILES string of the molecule is CCn1ccc(CN(C)Cc2cccc(Cl)c2)n1. The van der Waals surface area contributed by atoms with Crippen LogP contribution in [0.4, 0.5) is 0 Å². The summed E-state index contributed by atoms with van der Waals surface area (Å²) in [5.74, 6) is 0. The van der Waals surface area contributed by atoms with E-state index in [9.17, 15) is 0 Å². The summed E-state index contributed by atoms with van der Waals surface area (Å²) >= 11 is 5.98. The van der Waals surface area contributed by atoms with E-state index in [1.165, 1.54) is 5.56 Å². The van der Waals surface area contributed by atoms with Crippen LogP contribution in [0.5, 0.6) is 0 Å². The molecule has 0 amide bonds. The van der Waals surface area contributed by atoms with Gasteiger partial charge in [0.2, 0.25) is 0 Å². The maximum absolute atomic E-state index is 5.98. The second kappa shape index (κ2) is 6.03. The minimum atomic E-state index is 0.788. The van der Waals surface area contributed by atoms with Crippen molar-refractivity contribution in [3.05, 3.63) is 52.8 Å². The maximum Gasteiger partial charge on any atom is 0.0764 e. The van der Waals surface area contributed by atoms with Crippen LogP contribution in [0.1, 0.15) is 18.2 Å². The maximum atomic E-state index is 5.98. The van der Waals surface area contributed by atoms with Gasteiger partial charge in [0.1, 0.15) is 0 Å². The van der Waals surface area contributed by atoms with Crippen molar-refractivity contribution in [1.82, 2.24) is 14.7 Å². The quantitative estimate of drug-likeness (QED) is 0.826. The summed E-state index contributed by atoms with van der Waals surface area (Å²) in [6, 6.07) is 10.0. The van der Waals surface area contributed by atoms with Crippen molar-refractivity contribution in [3.63, 3.8) is 0 Å². The lowest BCUT2D eigenvalue weighted by Gasteiger charge is -2.15. The topological polar surface area (TPSA) is 21.1 Å². The van der Waals surface area contributed by atoms with Crippen LogP contribution < -0.4 is 0 Å². The van der Waals surface area contributed by atoms with Gasteiger partial charge in [0.05, 0.1) is 5.69 Å². The monoisotopic (exact) mass is 263 g/mol. The van der Waals surface area contributed by atoms with Gasteiger partial charge < -0.3 is 0 Å². The molecule has 0 atom stereocenters. The molecule has 1 aromatic carbocycles. The van der Waals surface area contributed by atoms with Gasteiger partial charge in [0, 0.05) is 30.9 Å². The number of benzene rings is 1. The predicted octanol–water partition coefficient (Wildman–Crippen LogP) is 3.19. The van der Waals surface area contributed by atoms with E-state index < -0.39 is 0 Å². The molecule has 0 bridgehead atoms. The number of aromatic nitrogens is 2. The highest BCUT2D eigenvalue weighted by Gasteiger charge is 2.04. The van der Waals surface area contributed by atoms with E-state index in [1.54, 1.807) is 0 Å². The Morgan fingerprint density at radius 1 is 1.28 bits per heavy atom. The van der Waals surface area contributed by atoms with Crippen LogP contribution in [0.2, 0.25) is 5.02 Å². The van der Waals surface area contributed by atoms with Gasteiger partial charge in [0.25, 0.3) is 0 Å². The minimum absolute atomic E-state index is 0.788. The first-order valence-electron chi connectivity index (χ1n) is 6.12. The Morgan fingerprint density at radius 2 is 2.11 bits per heavy atom. The van der Waals surface area contributed by atoms with E-state index in [0.29, 0.717) is 0 Å². The second-order valence-corrected chi connectivity index (χ2v) is 4.90. The summed E-state index contributed by atoms with van der Waals surface area (Å²) in [6.45, 7) is 4.73. The Bertz CT molecular complexity index is 507. The van der Waals surface area contributed by atoms with E-state index >= 15 is 0 Å². The van der Waals surface area contributed by atoms with Gasteiger partial charge in [-0.15, -0.1) is 0 Å². The molecule has 1 heterocycles. The van der Waals surface area contributed by atoms with E-state index in [4.69, 9.17) is 11.6 Å². The lowest BCUT2D eigenvalue weighted by Crippen LogP contribution is -2.17. The molecular weight excluding hydrogens is 246 g/mol. The summed E-state index contributed by atoms with van der Waals surface area (Å²) in [5, 5.41) is 5.26. The van der Waals surface area contributed by atoms with Crippen molar-refractivity contribution in [2.45, 2.75) is 26.6 Å². The minimum Gasteiger partial charge on any atom is -0.296 e. The average Bonchev–Trinajstić information content (AvgIpc) is 2.76. The van der Waals surface area contributed by atoms with E-state index in [-0.39, 0.29) is 0 Å². The number of hydrogen-bond donors (Lipinski definition) is 0. The third kappa shape index (κ3) is 3.59. The summed E-state index contributed by atoms with van der Waals surface area (Å²) in [4.78, 5) is 2.23. The molecule has 96 valence electrons. The average molecular weight is 264 g/mol. The first-order chi connectivity index (χ1) is 8.67. The van der Waals surface area contributed by atoms with Gasteiger partial charge in [-0.25, -0.2) is 0 Å². The molecule has 0 unspecified atom stereocenters. The Morgan fingerprint density at radius 3 is 2.78 bits per heavy atom. The van der Waals surface area contributed by atoms with Crippen LogP contribution in [0.15, 0.2) is 36.5 Å². The third-order valence-corrected chi connectivity index (χ3v) is 3.03. The van der Waals surface area contributed by atoms with Crippen molar-refractivity contribution < 1.29 is 0 Å². The molecular formula is C14H18ClN3. The molecule has 1 aromatic heterocycles. The van der Waals surface area contributed by atoms with Crippen molar-refractivity contribution in [2.24, 2.45) is 0 Å². The highest BCUT2D eigenvalue weighted by molar-refractivity contribution is 6.30. The summed E-state index contributed by atoms with van der Waals surface area (Å²) in [7, 11) is 2.09. The van der Waals surface area contributed by atoms with Gasteiger partial charge in [0.15, 0.2) is 0 Å². The normalized spacial score (nSPS) is 11.1. The molecule has 0 saturated heterocycles. The lowest BCUT2D eigenvalue weighted by atomic mass is 10.2. The van der Waals surface area contributed by atoms with Gasteiger partial charge >= 0.3 is 0 Å². The van der Waals surface area contributed by atoms with Crippen LogP contribution in [0, 0.1) is 0 Å². The van der Waals surface area contributed by atoms with Crippen molar-refractivity contribution in [1.29, 1.82) is 0 Å². The smallest absolute Gasteiger partial charge is 0.0764 e. The Labute approximate surface area is 113 Å². The van der Waals surface area contributed by atoms with E-state index in [1.807, 2.05) is 29.1 Å². The summed E-state index contributed by atoms with van der Waals surface area (Å²) in [5.41, 5.74) is 2.32. The molecule has 0 aliphatic rings. The van der Waals surface area contributed by atoms with Crippen LogP contribution in [-0.4, -0.2) is 21.7 Å².